The van der Waals surface area contributed by atoms with Gasteiger partial charge in [-0.05, 0) is 18.1 Å². The van der Waals surface area contributed by atoms with Crippen LogP contribution in [-0.2, 0) is 0 Å². The first-order valence-electron chi connectivity index (χ1n) is 10.4. The zero-order chi connectivity index (χ0) is 18.9. The highest BCUT2D eigenvalue weighted by Crippen LogP contribution is 2.38. The maximum absolute atomic E-state index is 10.9. The van der Waals surface area contributed by atoms with Crippen molar-refractivity contribution >= 4 is 10.9 Å². The van der Waals surface area contributed by atoms with E-state index in [0.717, 1.165) is 17.4 Å². The molecule has 27 heavy (non-hydrogen) atoms. The molecular weight excluding hydrogens is 330 g/mol. The molecule has 0 aliphatic rings. The number of benzene rings is 2. The lowest BCUT2D eigenvalue weighted by Gasteiger charge is -2.20. The van der Waals surface area contributed by atoms with Crippen molar-refractivity contribution in [3.05, 3.63) is 71.9 Å². The van der Waals surface area contributed by atoms with Crippen molar-refractivity contribution in [1.29, 1.82) is 0 Å². The van der Waals surface area contributed by atoms with Gasteiger partial charge in [0.1, 0.15) is 11.3 Å². The Kier molecular flexibility index (Phi) is 7.27. The van der Waals surface area contributed by atoms with Crippen LogP contribution in [0.5, 0.6) is 5.75 Å². The maximum Gasteiger partial charge on any atom is 0.145 e. The van der Waals surface area contributed by atoms with E-state index in [0.29, 0.717) is 11.3 Å². The highest BCUT2D eigenvalue weighted by molar-refractivity contribution is 5.85. The standard InChI is InChI=1S/C25H31NO/c1-2-3-4-5-6-7-11-16-22(20-13-9-8-10-14-20)23-18-17-21-15-12-19-26-24(21)25(23)27/h8-10,12-15,17-19,22,27H,2-7,11,16H2,1H3. The lowest BCUT2D eigenvalue weighted by atomic mass is 9.85. The number of pyridine rings is 1. The van der Waals surface area contributed by atoms with E-state index >= 15 is 0 Å². The van der Waals surface area contributed by atoms with Crippen molar-refractivity contribution in [2.45, 2.75) is 64.2 Å². The van der Waals surface area contributed by atoms with Crippen LogP contribution in [0.3, 0.4) is 0 Å². The topological polar surface area (TPSA) is 33.1 Å². The fraction of sp³-hybridized carbons (Fsp3) is 0.400. The van der Waals surface area contributed by atoms with Gasteiger partial charge < -0.3 is 5.11 Å². The number of phenols is 1. The minimum absolute atomic E-state index is 0.216. The van der Waals surface area contributed by atoms with Gasteiger partial charge in [-0.2, -0.15) is 0 Å². The first-order valence-corrected chi connectivity index (χ1v) is 10.4. The number of fused-ring (bicyclic) bond motifs is 1. The van der Waals surface area contributed by atoms with E-state index in [2.05, 4.69) is 54.4 Å². The third-order valence-corrected chi connectivity index (χ3v) is 5.45. The van der Waals surface area contributed by atoms with Gasteiger partial charge in [0.15, 0.2) is 0 Å². The summed E-state index contributed by atoms with van der Waals surface area (Å²) in [5.74, 6) is 0.554. The van der Waals surface area contributed by atoms with Crippen molar-refractivity contribution in [3.63, 3.8) is 0 Å². The average Bonchev–Trinajstić information content (AvgIpc) is 2.72. The first-order chi connectivity index (χ1) is 13.3. The molecule has 0 radical (unpaired) electrons. The molecule has 1 unspecified atom stereocenters. The monoisotopic (exact) mass is 361 g/mol. The molecule has 0 spiro atoms. The Morgan fingerprint density at radius 1 is 0.815 bits per heavy atom. The Morgan fingerprint density at radius 2 is 1.56 bits per heavy atom. The number of nitrogens with zero attached hydrogens (tertiary/aromatic N) is 1. The molecule has 2 heteroatoms. The fourth-order valence-corrected chi connectivity index (χ4v) is 3.92. The molecule has 1 N–H and O–H groups in total. The second kappa shape index (κ2) is 10.1. The molecule has 3 aromatic rings. The molecule has 3 rings (SSSR count). The van der Waals surface area contributed by atoms with Crippen molar-refractivity contribution in [2.75, 3.05) is 0 Å². The first kappa shape index (κ1) is 19.4. The molecule has 0 aliphatic carbocycles. The van der Waals surface area contributed by atoms with E-state index in [4.69, 9.17) is 0 Å². The summed E-state index contributed by atoms with van der Waals surface area (Å²) >= 11 is 0. The van der Waals surface area contributed by atoms with E-state index < -0.39 is 0 Å². The quantitative estimate of drug-likeness (QED) is 0.387. The summed E-state index contributed by atoms with van der Waals surface area (Å²) in [6.45, 7) is 2.26. The summed E-state index contributed by atoms with van der Waals surface area (Å²) < 4.78 is 0. The van der Waals surface area contributed by atoms with E-state index in [9.17, 15) is 5.11 Å². The normalized spacial score (nSPS) is 12.3. The van der Waals surface area contributed by atoms with Gasteiger partial charge in [-0.15, -0.1) is 0 Å². The van der Waals surface area contributed by atoms with Crippen LogP contribution in [0.2, 0.25) is 0 Å². The maximum atomic E-state index is 10.9. The number of unbranched alkanes of at least 4 members (excludes halogenated alkanes) is 6. The van der Waals surface area contributed by atoms with Crippen LogP contribution in [0.1, 0.15) is 75.3 Å². The summed E-state index contributed by atoms with van der Waals surface area (Å²) in [5, 5.41) is 11.9. The Hall–Kier alpha value is -2.35. The van der Waals surface area contributed by atoms with Gasteiger partial charge in [0, 0.05) is 23.1 Å². The molecule has 0 saturated heterocycles. The third-order valence-electron chi connectivity index (χ3n) is 5.45. The average molecular weight is 362 g/mol. The van der Waals surface area contributed by atoms with E-state index in [1.165, 1.54) is 50.5 Å². The fourth-order valence-electron chi connectivity index (χ4n) is 3.92. The van der Waals surface area contributed by atoms with Crippen LogP contribution in [0, 0.1) is 0 Å². The lowest BCUT2D eigenvalue weighted by molar-refractivity contribution is 0.465. The van der Waals surface area contributed by atoms with Crippen LogP contribution >= 0.6 is 0 Å². The molecule has 0 saturated carbocycles. The lowest BCUT2D eigenvalue weighted by Crippen LogP contribution is -2.02. The molecule has 0 fully saturated rings. The summed E-state index contributed by atoms with van der Waals surface area (Å²) in [7, 11) is 0. The second-order valence-corrected chi connectivity index (χ2v) is 7.45. The van der Waals surface area contributed by atoms with E-state index in [-0.39, 0.29) is 5.92 Å². The molecule has 2 aromatic carbocycles. The van der Waals surface area contributed by atoms with Crippen molar-refractivity contribution < 1.29 is 5.11 Å². The van der Waals surface area contributed by atoms with Gasteiger partial charge in [0.25, 0.3) is 0 Å². The molecule has 142 valence electrons. The minimum atomic E-state index is 0.216. The minimum Gasteiger partial charge on any atom is -0.505 e. The molecular formula is C25H31NO. The second-order valence-electron chi connectivity index (χ2n) is 7.45. The molecule has 0 amide bonds. The van der Waals surface area contributed by atoms with Gasteiger partial charge in [-0.1, -0.05) is 100 Å². The number of aromatic hydroxyl groups is 1. The zero-order valence-electron chi connectivity index (χ0n) is 16.4. The van der Waals surface area contributed by atoms with Crippen LogP contribution in [0.25, 0.3) is 10.9 Å². The van der Waals surface area contributed by atoms with Crippen LogP contribution in [0.15, 0.2) is 60.8 Å². The number of aromatic nitrogens is 1. The van der Waals surface area contributed by atoms with Crippen molar-refractivity contribution in [2.24, 2.45) is 0 Å². The SMILES string of the molecule is CCCCCCCCCC(c1ccccc1)c1ccc2cccnc2c1O. The number of rotatable bonds is 10. The smallest absolute Gasteiger partial charge is 0.145 e. The highest BCUT2D eigenvalue weighted by atomic mass is 16.3. The Balaban J connectivity index is 1.76. The number of phenolic OH excluding ortho intramolecular Hbond substituents is 1. The van der Waals surface area contributed by atoms with Gasteiger partial charge in [-0.25, -0.2) is 0 Å². The molecule has 0 bridgehead atoms. The van der Waals surface area contributed by atoms with Crippen molar-refractivity contribution in [1.82, 2.24) is 4.98 Å². The number of hydrogen-bond donors (Lipinski definition) is 1. The summed E-state index contributed by atoms with van der Waals surface area (Å²) in [5.41, 5.74) is 2.97. The molecule has 0 aliphatic heterocycles. The van der Waals surface area contributed by atoms with Crippen molar-refractivity contribution in [3.8, 4) is 5.75 Å². The van der Waals surface area contributed by atoms with Gasteiger partial charge >= 0.3 is 0 Å². The van der Waals surface area contributed by atoms with Gasteiger partial charge in [0.05, 0.1) is 0 Å². The Labute approximate surface area is 163 Å². The number of hydrogen-bond acceptors (Lipinski definition) is 2. The molecule has 1 aromatic heterocycles. The van der Waals surface area contributed by atoms with Crippen LogP contribution in [0.4, 0.5) is 0 Å². The summed E-state index contributed by atoms with van der Waals surface area (Å²) in [6.07, 6.45) is 11.9. The highest BCUT2D eigenvalue weighted by Gasteiger charge is 2.19. The zero-order valence-corrected chi connectivity index (χ0v) is 16.4. The Bertz CT molecular complexity index is 828. The summed E-state index contributed by atoms with van der Waals surface area (Å²) in [4.78, 5) is 4.41. The van der Waals surface area contributed by atoms with E-state index in [1.807, 2.05) is 12.1 Å². The predicted molar refractivity (Wildman–Crippen MR) is 114 cm³/mol. The third kappa shape index (κ3) is 5.09. The molecule has 1 atom stereocenters. The summed E-state index contributed by atoms with van der Waals surface area (Å²) in [6, 6.07) is 18.6. The van der Waals surface area contributed by atoms with Gasteiger partial charge in [-0.3, -0.25) is 4.98 Å². The van der Waals surface area contributed by atoms with Crippen LogP contribution < -0.4 is 0 Å². The molecule has 1 heterocycles. The Morgan fingerprint density at radius 3 is 2.33 bits per heavy atom. The largest absolute Gasteiger partial charge is 0.505 e. The molecule has 2 nitrogen and oxygen atoms in total. The van der Waals surface area contributed by atoms with Crippen LogP contribution in [-0.4, -0.2) is 10.1 Å². The van der Waals surface area contributed by atoms with E-state index in [1.54, 1.807) is 6.20 Å². The van der Waals surface area contributed by atoms with Gasteiger partial charge in [0.2, 0.25) is 0 Å². The predicted octanol–water partition coefficient (Wildman–Crippen LogP) is 7.21.